The summed E-state index contributed by atoms with van der Waals surface area (Å²) in [5.41, 5.74) is 11.5. The van der Waals surface area contributed by atoms with Gasteiger partial charge >= 0.3 is 0 Å². The van der Waals surface area contributed by atoms with E-state index in [0.717, 1.165) is 22.4 Å². The molecule has 0 saturated heterocycles. The van der Waals surface area contributed by atoms with Crippen LogP contribution in [-0.2, 0) is 5.41 Å². The Morgan fingerprint density at radius 2 is 1.16 bits per heavy atom. The average Bonchev–Trinajstić information content (AvgIpc) is 3.79. The first-order valence-corrected chi connectivity index (χ1v) is 17.0. The highest BCUT2D eigenvalue weighted by atomic mass is 16.3. The largest absolute Gasteiger partial charge is 0.436 e. The van der Waals surface area contributed by atoms with Crippen molar-refractivity contribution in [3.63, 3.8) is 0 Å². The van der Waals surface area contributed by atoms with Gasteiger partial charge < -0.3 is 8.98 Å². The Balaban J connectivity index is 1.27. The number of hydrogen-bond donors (Lipinski definition) is 0. The van der Waals surface area contributed by atoms with E-state index in [9.17, 15) is 0 Å². The molecule has 3 nitrogen and oxygen atoms in total. The molecule has 10 aromatic rings. The van der Waals surface area contributed by atoms with E-state index in [1.807, 2.05) is 24.3 Å². The van der Waals surface area contributed by atoms with Crippen molar-refractivity contribution in [3.8, 4) is 28.3 Å². The molecule has 0 aliphatic heterocycles. The van der Waals surface area contributed by atoms with Crippen molar-refractivity contribution in [2.45, 2.75) is 19.3 Å². The number of fused-ring (bicyclic) bond motifs is 14. The minimum Gasteiger partial charge on any atom is -0.436 e. The molecule has 3 heteroatoms. The molecule has 2 heterocycles. The third kappa shape index (κ3) is 3.54. The number of aromatic nitrogens is 2. The zero-order chi connectivity index (χ0) is 32.4. The van der Waals surface area contributed by atoms with Crippen molar-refractivity contribution in [1.29, 1.82) is 0 Å². The third-order valence-electron chi connectivity index (χ3n) is 11.0. The minimum absolute atomic E-state index is 0.108. The Morgan fingerprint density at radius 1 is 0.510 bits per heavy atom. The zero-order valence-corrected chi connectivity index (χ0v) is 27.2. The molecule has 0 N–H and O–H groups in total. The fourth-order valence-electron chi connectivity index (χ4n) is 8.72. The van der Waals surface area contributed by atoms with Crippen LogP contribution in [0.1, 0.15) is 25.0 Å². The fourth-order valence-corrected chi connectivity index (χ4v) is 8.72. The minimum atomic E-state index is -0.108. The molecule has 8 aromatic carbocycles. The Morgan fingerprint density at radius 3 is 1.94 bits per heavy atom. The lowest BCUT2D eigenvalue weighted by Crippen LogP contribution is -2.14. The Bertz CT molecular complexity index is 2940. The standard InChI is InChI=1S/C46H30N2O/c1-46(2)37-16-8-7-14-32(37)35-25-36-41(26-38(35)46)48(28-21-19-27(20-22-28)45-47-39-17-9-10-18-42(39)49-45)40-24-23-34-31-13-4-3-11-29(31)30-12-5-6-15-33(30)43(34)44(36)40/h3-26H,1-2H3. The lowest BCUT2D eigenvalue weighted by molar-refractivity contribution is 0.620. The fraction of sp³-hybridized carbons (Fsp3) is 0.0652. The molecule has 0 spiro atoms. The van der Waals surface area contributed by atoms with Gasteiger partial charge in [0.25, 0.3) is 0 Å². The number of para-hydroxylation sites is 2. The second-order valence-corrected chi connectivity index (χ2v) is 13.9. The van der Waals surface area contributed by atoms with Gasteiger partial charge in [-0.25, -0.2) is 4.98 Å². The predicted molar refractivity (Wildman–Crippen MR) is 204 cm³/mol. The van der Waals surface area contributed by atoms with Gasteiger partial charge in [0.1, 0.15) is 5.52 Å². The first-order valence-electron chi connectivity index (χ1n) is 17.0. The van der Waals surface area contributed by atoms with Gasteiger partial charge in [-0.3, -0.25) is 0 Å². The normalized spacial score (nSPS) is 13.7. The molecule has 0 atom stereocenters. The zero-order valence-electron chi connectivity index (χ0n) is 27.2. The molecule has 0 fully saturated rings. The summed E-state index contributed by atoms with van der Waals surface area (Å²) in [4.78, 5) is 4.76. The van der Waals surface area contributed by atoms with E-state index >= 15 is 0 Å². The number of oxazole rings is 1. The summed E-state index contributed by atoms with van der Waals surface area (Å²) >= 11 is 0. The van der Waals surface area contributed by atoms with Crippen LogP contribution in [0.15, 0.2) is 150 Å². The molecule has 230 valence electrons. The predicted octanol–water partition coefficient (Wildman–Crippen LogP) is 12.4. The number of benzene rings is 8. The smallest absolute Gasteiger partial charge is 0.227 e. The van der Waals surface area contributed by atoms with Gasteiger partial charge in [0.05, 0.1) is 11.0 Å². The van der Waals surface area contributed by atoms with Gasteiger partial charge in [-0.1, -0.05) is 105 Å². The summed E-state index contributed by atoms with van der Waals surface area (Å²) in [6, 6.07) is 52.9. The van der Waals surface area contributed by atoms with E-state index in [0.29, 0.717) is 5.89 Å². The van der Waals surface area contributed by atoms with Gasteiger partial charge in [-0.2, -0.15) is 0 Å². The van der Waals surface area contributed by atoms with E-state index in [1.165, 1.54) is 76.4 Å². The summed E-state index contributed by atoms with van der Waals surface area (Å²) in [7, 11) is 0. The first kappa shape index (κ1) is 26.8. The van der Waals surface area contributed by atoms with Crippen molar-refractivity contribution in [2.24, 2.45) is 0 Å². The van der Waals surface area contributed by atoms with Crippen molar-refractivity contribution in [1.82, 2.24) is 9.55 Å². The van der Waals surface area contributed by atoms with E-state index < -0.39 is 0 Å². The van der Waals surface area contributed by atoms with Gasteiger partial charge in [0, 0.05) is 32.8 Å². The van der Waals surface area contributed by atoms with Crippen molar-refractivity contribution < 1.29 is 4.42 Å². The SMILES string of the molecule is CC1(C)c2ccccc2-c2cc3c4c5c6ccccc6c6ccccc6c5ccc4n(-c4ccc(-c5nc6ccccc6o5)cc4)c3cc21. The second kappa shape index (κ2) is 9.46. The highest BCUT2D eigenvalue weighted by molar-refractivity contribution is 6.35. The highest BCUT2D eigenvalue weighted by Gasteiger charge is 2.36. The van der Waals surface area contributed by atoms with E-state index in [1.54, 1.807) is 0 Å². The van der Waals surface area contributed by atoms with Crippen LogP contribution in [0.25, 0.3) is 93.5 Å². The quantitative estimate of drug-likeness (QED) is 0.179. The van der Waals surface area contributed by atoms with Crippen LogP contribution in [0.4, 0.5) is 0 Å². The molecular weight excluding hydrogens is 597 g/mol. The van der Waals surface area contributed by atoms with Crippen molar-refractivity contribution in [3.05, 3.63) is 157 Å². The molecular formula is C46H30N2O. The molecule has 0 unspecified atom stereocenters. The van der Waals surface area contributed by atoms with Crippen molar-refractivity contribution in [2.75, 3.05) is 0 Å². The first-order chi connectivity index (χ1) is 24.1. The van der Waals surface area contributed by atoms with Crippen LogP contribution in [-0.4, -0.2) is 9.55 Å². The maximum absolute atomic E-state index is 6.14. The summed E-state index contributed by atoms with van der Waals surface area (Å²) in [5.74, 6) is 0.636. The van der Waals surface area contributed by atoms with Crippen LogP contribution >= 0.6 is 0 Å². The molecule has 0 saturated carbocycles. The van der Waals surface area contributed by atoms with Crippen molar-refractivity contribution >= 4 is 65.2 Å². The van der Waals surface area contributed by atoms with E-state index in [-0.39, 0.29) is 5.41 Å². The third-order valence-corrected chi connectivity index (χ3v) is 11.0. The Hall–Kier alpha value is -6.19. The summed E-state index contributed by atoms with van der Waals surface area (Å²) < 4.78 is 8.60. The molecule has 49 heavy (non-hydrogen) atoms. The maximum atomic E-state index is 6.14. The topological polar surface area (TPSA) is 31.0 Å². The molecule has 1 aliphatic rings. The number of hydrogen-bond acceptors (Lipinski definition) is 2. The van der Waals surface area contributed by atoms with E-state index in [2.05, 4.69) is 140 Å². The molecule has 0 bridgehead atoms. The van der Waals surface area contributed by atoms with Crippen LogP contribution < -0.4 is 0 Å². The van der Waals surface area contributed by atoms with E-state index in [4.69, 9.17) is 9.40 Å². The summed E-state index contributed by atoms with van der Waals surface area (Å²) in [6.45, 7) is 4.72. The van der Waals surface area contributed by atoms with Crippen LogP contribution in [0.2, 0.25) is 0 Å². The monoisotopic (exact) mass is 626 g/mol. The van der Waals surface area contributed by atoms with Gasteiger partial charge in [-0.15, -0.1) is 0 Å². The number of rotatable bonds is 2. The molecule has 0 radical (unpaired) electrons. The second-order valence-electron chi connectivity index (χ2n) is 13.9. The summed E-state index contributed by atoms with van der Waals surface area (Å²) in [5, 5.41) is 10.3. The number of nitrogens with zero attached hydrogens (tertiary/aromatic N) is 2. The van der Waals surface area contributed by atoms with Gasteiger partial charge in [0.15, 0.2) is 5.58 Å². The molecule has 11 rings (SSSR count). The van der Waals surface area contributed by atoms with Gasteiger partial charge in [0.2, 0.25) is 5.89 Å². The lowest BCUT2D eigenvalue weighted by Gasteiger charge is -2.21. The lowest BCUT2D eigenvalue weighted by atomic mass is 9.82. The van der Waals surface area contributed by atoms with Crippen LogP contribution in [0.3, 0.4) is 0 Å². The highest BCUT2D eigenvalue weighted by Crippen LogP contribution is 2.52. The Labute approximate surface area is 282 Å². The molecule has 0 amide bonds. The molecule has 1 aliphatic carbocycles. The summed E-state index contributed by atoms with van der Waals surface area (Å²) in [6.07, 6.45) is 0. The molecule has 2 aromatic heterocycles. The van der Waals surface area contributed by atoms with Gasteiger partial charge in [-0.05, 0) is 104 Å². The Kier molecular flexibility index (Phi) is 5.18. The maximum Gasteiger partial charge on any atom is 0.227 e. The average molecular weight is 627 g/mol. The van der Waals surface area contributed by atoms with Crippen LogP contribution in [0, 0.1) is 0 Å². The van der Waals surface area contributed by atoms with Crippen LogP contribution in [0.5, 0.6) is 0 Å².